The summed E-state index contributed by atoms with van der Waals surface area (Å²) in [5, 5.41) is 3.51. The van der Waals surface area contributed by atoms with Crippen molar-refractivity contribution in [2.24, 2.45) is 11.8 Å². The van der Waals surface area contributed by atoms with Crippen molar-refractivity contribution in [3.8, 4) is 0 Å². The summed E-state index contributed by atoms with van der Waals surface area (Å²) in [7, 11) is 0. The highest BCUT2D eigenvalue weighted by molar-refractivity contribution is 14.1. The molecule has 0 aliphatic carbocycles. The Labute approximate surface area is 115 Å². The summed E-state index contributed by atoms with van der Waals surface area (Å²) in [6, 6.07) is 0. The minimum absolute atomic E-state index is 0.183. The van der Waals surface area contributed by atoms with E-state index in [0.717, 1.165) is 40.9 Å². The fourth-order valence-electron chi connectivity index (χ4n) is 3.29. The van der Waals surface area contributed by atoms with Gasteiger partial charge in [-0.05, 0) is 48.3 Å². The Balaban J connectivity index is 1.97. The van der Waals surface area contributed by atoms with Crippen molar-refractivity contribution in [3.63, 3.8) is 0 Å². The monoisotopic (exact) mass is 344 g/mol. The highest BCUT2D eigenvalue weighted by Crippen LogP contribution is 2.43. The second-order valence-electron chi connectivity index (χ2n) is 5.48. The highest BCUT2D eigenvalue weighted by atomic mass is 127. The Hall–Kier alpha value is -0.430. The van der Waals surface area contributed by atoms with Crippen LogP contribution in [-0.2, 0) is 0 Å². The van der Waals surface area contributed by atoms with Crippen molar-refractivity contribution >= 4 is 28.4 Å². The first kappa shape index (κ1) is 11.6. The molecule has 1 N–H and O–H groups in total. The number of fused-ring (bicyclic) bond motifs is 1. The van der Waals surface area contributed by atoms with Crippen LogP contribution < -0.4 is 10.2 Å². The number of rotatable bonds is 1. The molecule has 2 aliphatic rings. The number of hydrogen-bond acceptors (Lipinski definition) is 4. The smallest absolute Gasteiger partial charge is 0.145 e. The van der Waals surface area contributed by atoms with E-state index in [9.17, 15) is 0 Å². The molecule has 92 valence electrons. The molecule has 1 aromatic rings. The molecule has 17 heavy (non-hydrogen) atoms. The van der Waals surface area contributed by atoms with Crippen molar-refractivity contribution < 1.29 is 0 Å². The van der Waals surface area contributed by atoms with E-state index in [4.69, 9.17) is 0 Å². The number of anilines is 1. The maximum Gasteiger partial charge on any atom is 0.145 e. The molecule has 0 saturated carbocycles. The molecule has 2 atom stereocenters. The topological polar surface area (TPSA) is 41.0 Å². The summed E-state index contributed by atoms with van der Waals surface area (Å²) in [4.78, 5) is 11.0. The van der Waals surface area contributed by atoms with Crippen LogP contribution in [-0.4, -0.2) is 35.1 Å². The maximum absolute atomic E-state index is 4.47. The van der Waals surface area contributed by atoms with E-state index in [0.29, 0.717) is 0 Å². The van der Waals surface area contributed by atoms with Crippen LogP contribution >= 0.6 is 22.6 Å². The van der Waals surface area contributed by atoms with Crippen LogP contribution in [0.1, 0.15) is 13.8 Å². The normalized spacial score (nSPS) is 30.6. The summed E-state index contributed by atoms with van der Waals surface area (Å²) in [5.41, 5.74) is 0.183. The Bertz CT molecular complexity index is 434. The maximum atomic E-state index is 4.47. The van der Waals surface area contributed by atoms with E-state index in [-0.39, 0.29) is 5.54 Å². The SMILES string of the molecule is CC1(C)C2CNCC2CN1c1ncncc1I. The predicted molar refractivity (Wildman–Crippen MR) is 76.0 cm³/mol. The fraction of sp³-hybridized carbons (Fsp3) is 0.667. The number of hydrogen-bond donors (Lipinski definition) is 1. The molecule has 2 aliphatic heterocycles. The molecule has 2 unspecified atom stereocenters. The summed E-state index contributed by atoms with van der Waals surface area (Å²) in [5.74, 6) is 2.59. The number of aromatic nitrogens is 2. The summed E-state index contributed by atoms with van der Waals surface area (Å²) in [6.45, 7) is 8.06. The van der Waals surface area contributed by atoms with Crippen LogP contribution in [0, 0.1) is 15.4 Å². The molecule has 2 saturated heterocycles. The molecule has 0 spiro atoms. The van der Waals surface area contributed by atoms with Crippen molar-refractivity contribution in [3.05, 3.63) is 16.1 Å². The molecule has 0 amide bonds. The Morgan fingerprint density at radius 1 is 1.47 bits per heavy atom. The average molecular weight is 344 g/mol. The van der Waals surface area contributed by atoms with Gasteiger partial charge in [-0.25, -0.2) is 9.97 Å². The third-order valence-electron chi connectivity index (χ3n) is 4.26. The zero-order valence-corrected chi connectivity index (χ0v) is 12.3. The zero-order valence-electron chi connectivity index (χ0n) is 10.2. The molecule has 1 aromatic heterocycles. The van der Waals surface area contributed by atoms with E-state index < -0.39 is 0 Å². The fourth-order valence-corrected chi connectivity index (χ4v) is 3.88. The Morgan fingerprint density at radius 2 is 2.29 bits per heavy atom. The second-order valence-corrected chi connectivity index (χ2v) is 6.65. The van der Waals surface area contributed by atoms with E-state index in [1.807, 2.05) is 6.20 Å². The molecule has 4 nitrogen and oxygen atoms in total. The molecular formula is C12H17IN4. The number of nitrogens with one attached hydrogen (secondary N) is 1. The van der Waals surface area contributed by atoms with Crippen LogP contribution in [0.4, 0.5) is 5.82 Å². The molecule has 2 fully saturated rings. The van der Waals surface area contributed by atoms with Gasteiger partial charge in [0.1, 0.15) is 12.1 Å². The van der Waals surface area contributed by atoms with E-state index in [1.54, 1.807) is 6.33 Å². The summed E-state index contributed by atoms with van der Waals surface area (Å²) >= 11 is 2.33. The van der Waals surface area contributed by atoms with Crippen LogP contribution in [0.2, 0.25) is 0 Å². The minimum Gasteiger partial charge on any atom is -0.350 e. The Kier molecular flexibility index (Phi) is 2.77. The molecule has 0 radical (unpaired) electrons. The second kappa shape index (κ2) is 4.05. The van der Waals surface area contributed by atoms with Gasteiger partial charge in [0.25, 0.3) is 0 Å². The zero-order chi connectivity index (χ0) is 12.0. The lowest BCUT2D eigenvalue weighted by Crippen LogP contribution is -2.45. The molecule has 3 rings (SSSR count). The van der Waals surface area contributed by atoms with Crippen LogP contribution in [0.15, 0.2) is 12.5 Å². The van der Waals surface area contributed by atoms with Gasteiger partial charge < -0.3 is 10.2 Å². The van der Waals surface area contributed by atoms with Gasteiger partial charge >= 0.3 is 0 Å². The van der Waals surface area contributed by atoms with Gasteiger partial charge in [-0.1, -0.05) is 0 Å². The summed E-state index contributed by atoms with van der Waals surface area (Å²) < 4.78 is 1.14. The Morgan fingerprint density at radius 3 is 3.00 bits per heavy atom. The molecule has 3 heterocycles. The standard InChI is InChI=1S/C12H17IN4/c1-12(2)9-4-14-3-8(9)6-17(12)11-10(13)5-15-7-16-11/h5,7-9,14H,3-4,6H2,1-2H3. The molecule has 0 bridgehead atoms. The lowest BCUT2D eigenvalue weighted by atomic mass is 9.85. The minimum atomic E-state index is 0.183. The lowest BCUT2D eigenvalue weighted by Gasteiger charge is -2.36. The highest BCUT2D eigenvalue weighted by Gasteiger charge is 2.50. The van der Waals surface area contributed by atoms with Crippen LogP contribution in [0.25, 0.3) is 0 Å². The molecule has 0 aromatic carbocycles. The van der Waals surface area contributed by atoms with Gasteiger partial charge in [-0.15, -0.1) is 0 Å². The third kappa shape index (κ3) is 1.74. The average Bonchev–Trinajstić information content (AvgIpc) is 2.83. The van der Waals surface area contributed by atoms with E-state index in [1.165, 1.54) is 0 Å². The van der Waals surface area contributed by atoms with Gasteiger partial charge in [-0.3, -0.25) is 0 Å². The summed E-state index contributed by atoms with van der Waals surface area (Å²) in [6.07, 6.45) is 3.55. The first-order chi connectivity index (χ1) is 8.10. The van der Waals surface area contributed by atoms with E-state index in [2.05, 4.69) is 56.6 Å². The third-order valence-corrected chi connectivity index (χ3v) is 5.02. The van der Waals surface area contributed by atoms with Gasteiger partial charge in [0, 0.05) is 31.4 Å². The quantitative estimate of drug-likeness (QED) is 0.785. The van der Waals surface area contributed by atoms with Gasteiger partial charge in [0.15, 0.2) is 0 Å². The first-order valence-electron chi connectivity index (χ1n) is 6.04. The number of halogens is 1. The predicted octanol–water partition coefficient (Wildman–Crippen LogP) is 1.52. The molecule has 5 heteroatoms. The van der Waals surface area contributed by atoms with Crippen molar-refractivity contribution in [1.29, 1.82) is 0 Å². The number of nitrogens with zero attached hydrogens (tertiary/aromatic N) is 3. The molecular weight excluding hydrogens is 327 g/mol. The van der Waals surface area contributed by atoms with Crippen LogP contribution in [0.5, 0.6) is 0 Å². The largest absolute Gasteiger partial charge is 0.350 e. The van der Waals surface area contributed by atoms with Crippen LogP contribution in [0.3, 0.4) is 0 Å². The van der Waals surface area contributed by atoms with Gasteiger partial charge in [-0.2, -0.15) is 0 Å². The lowest BCUT2D eigenvalue weighted by molar-refractivity contribution is 0.356. The van der Waals surface area contributed by atoms with Crippen molar-refractivity contribution in [2.75, 3.05) is 24.5 Å². The van der Waals surface area contributed by atoms with Crippen molar-refractivity contribution in [1.82, 2.24) is 15.3 Å². The van der Waals surface area contributed by atoms with Gasteiger partial charge in [0.05, 0.1) is 3.57 Å². The van der Waals surface area contributed by atoms with Crippen molar-refractivity contribution in [2.45, 2.75) is 19.4 Å². The first-order valence-corrected chi connectivity index (χ1v) is 7.12. The van der Waals surface area contributed by atoms with E-state index >= 15 is 0 Å². The van der Waals surface area contributed by atoms with Gasteiger partial charge in [0.2, 0.25) is 0 Å².